The number of amides is 2. The lowest BCUT2D eigenvalue weighted by atomic mass is 9.59. The fourth-order valence-electron chi connectivity index (χ4n) is 8.38. The van der Waals surface area contributed by atoms with Gasteiger partial charge < -0.3 is 14.6 Å². The molecule has 238 valence electrons. The Hall–Kier alpha value is -4.50. The van der Waals surface area contributed by atoms with Gasteiger partial charge in [0.2, 0.25) is 17.6 Å². The summed E-state index contributed by atoms with van der Waals surface area (Å²) in [5.74, 6) is -2.76. The number of ether oxygens (including phenoxy) is 2. The van der Waals surface area contributed by atoms with E-state index in [1.807, 2.05) is 24.3 Å². The van der Waals surface area contributed by atoms with Crippen molar-refractivity contribution in [3.05, 3.63) is 88.0 Å². The van der Waals surface area contributed by atoms with Crippen molar-refractivity contribution in [2.75, 3.05) is 27.3 Å². The molecule has 2 aliphatic heterocycles. The first-order valence-corrected chi connectivity index (χ1v) is 16.0. The number of fused-ring (bicyclic) bond motifs is 3. The predicted octanol–water partition coefficient (Wildman–Crippen LogP) is 4.50. The molecule has 1 N–H and O–H groups in total. The Labute approximate surface area is 268 Å². The van der Waals surface area contributed by atoms with E-state index in [1.54, 1.807) is 19.1 Å². The van der Waals surface area contributed by atoms with Gasteiger partial charge in [-0.2, -0.15) is 0 Å². The summed E-state index contributed by atoms with van der Waals surface area (Å²) >= 11 is 0. The zero-order valence-corrected chi connectivity index (χ0v) is 26.3. The van der Waals surface area contributed by atoms with Gasteiger partial charge in [-0.15, -0.1) is 0 Å². The molecule has 2 saturated heterocycles. The van der Waals surface area contributed by atoms with Crippen LogP contribution in [0.5, 0.6) is 17.2 Å². The SMILES string of the molecule is COc1cc(C2C3=CCC4C(=O)N(C5CCN(Cc6ccccc6)CC5)C(=O)C4C3CC3=C2C(=O)C(C)=CC3=O)cc(OC)c1O. The van der Waals surface area contributed by atoms with Crippen molar-refractivity contribution in [3.8, 4) is 17.2 Å². The van der Waals surface area contributed by atoms with E-state index in [0.717, 1.165) is 38.0 Å². The molecule has 4 unspecified atom stereocenters. The number of carbonyl (C=O) groups is 4. The molecule has 2 aromatic rings. The van der Waals surface area contributed by atoms with E-state index in [2.05, 4.69) is 17.0 Å². The number of Topliss-reactive ketones (excluding diaryl/α,β-unsaturated/α-hetero) is 1. The lowest BCUT2D eigenvalue weighted by Crippen LogP contribution is -2.47. The largest absolute Gasteiger partial charge is 0.502 e. The van der Waals surface area contributed by atoms with Crippen LogP contribution in [0.1, 0.15) is 49.7 Å². The maximum Gasteiger partial charge on any atom is 0.233 e. The highest BCUT2D eigenvalue weighted by molar-refractivity contribution is 6.23. The van der Waals surface area contributed by atoms with E-state index in [0.29, 0.717) is 28.7 Å². The molecule has 9 nitrogen and oxygen atoms in total. The van der Waals surface area contributed by atoms with Crippen LogP contribution in [0.3, 0.4) is 0 Å². The number of phenols is 1. The van der Waals surface area contributed by atoms with Gasteiger partial charge in [-0.25, -0.2) is 0 Å². The van der Waals surface area contributed by atoms with E-state index in [4.69, 9.17) is 9.47 Å². The molecule has 9 heteroatoms. The van der Waals surface area contributed by atoms with Crippen molar-refractivity contribution in [3.63, 3.8) is 0 Å². The van der Waals surface area contributed by atoms with Gasteiger partial charge in [0.05, 0.1) is 26.1 Å². The van der Waals surface area contributed by atoms with Crippen LogP contribution in [0.15, 0.2) is 76.9 Å². The van der Waals surface area contributed by atoms with Gasteiger partial charge in [0.1, 0.15) is 0 Å². The maximum atomic E-state index is 14.3. The Morgan fingerprint density at radius 3 is 2.24 bits per heavy atom. The summed E-state index contributed by atoms with van der Waals surface area (Å²) in [6, 6.07) is 13.4. The molecule has 0 radical (unpaired) electrons. The number of piperidine rings is 1. The second-order valence-electron chi connectivity index (χ2n) is 13.0. The lowest BCUT2D eigenvalue weighted by Gasteiger charge is -2.42. The first kappa shape index (κ1) is 30.2. The van der Waals surface area contributed by atoms with Crippen LogP contribution in [0.2, 0.25) is 0 Å². The zero-order valence-electron chi connectivity index (χ0n) is 26.3. The highest BCUT2D eigenvalue weighted by atomic mass is 16.5. The quantitative estimate of drug-likeness (QED) is 0.285. The van der Waals surface area contributed by atoms with E-state index in [1.165, 1.54) is 30.8 Å². The summed E-state index contributed by atoms with van der Waals surface area (Å²) in [5, 5.41) is 10.6. The molecule has 0 bridgehead atoms. The van der Waals surface area contributed by atoms with E-state index in [9.17, 15) is 24.3 Å². The molecule has 4 atom stereocenters. The van der Waals surface area contributed by atoms with Gasteiger partial charge in [0.15, 0.2) is 23.1 Å². The summed E-state index contributed by atoms with van der Waals surface area (Å²) in [7, 11) is 2.87. The normalized spacial score (nSPS) is 26.8. The average molecular weight is 623 g/mol. The standard InChI is InChI=1S/C37H38N2O7/c1-20-15-28(40)27-18-26-24(31(33(27)34(20)41)22-16-29(45-2)35(42)30(17-22)46-3)9-10-25-32(26)37(44)39(36(25)43)23-11-13-38(14-12-23)19-21-7-5-4-6-8-21/h4-9,15-17,23,25-26,31-32,42H,10-14,18-19H2,1-3H3. The van der Waals surface area contributed by atoms with Crippen LogP contribution in [0, 0.1) is 17.8 Å². The van der Waals surface area contributed by atoms with Crippen LogP contribution in [-0.4, -0.2) is 71.6 Å². The Kier molecular flexibility index (Phi) is 7.67. The van der Waals surface area contributed by atoms with Crippen molar-refractivity contribution in [1.82, 2.24) is 9.80 Å². The molecule has 3 aliphatic carbocycles. The number of likely N-dealkylation sites (tertiary alicyclic amines) is 2. The molecule has 0 spiro atoms. The number of hydrogen-bond acceptors (Lipinski definition) is 8. The van der Waals surface area contributed by atoms with Crippen molar-refractivity contribution in [2.24, 2.45) is 17.8 Å². The minimum atomic E-state index is -0.656. The molecule has 2 amide bonds. The van der Waals surface area contributed by atoms with Crippen molar-refractivity contribution >= 4 is 23.4 Å². The number of rotatable bonds is 6. The topological polar surface area (TPSA) is 113 Å². The van der Waals surface area contributed by atoms with Crippen molar-refractivity contribution < 1.29 is 33.8 Å². The summed E-state index contributed by atoms with van der Waals surface area (Å²) in [4.78, 5) is 59.4. The summed E-state index contributed by atoms with van der Waals surface area (Å²) in [6.07, 6.45) is 5.43. The van der Waals surface area contributed by atoms with Gasteiger partial charge in [0, 0.05) is 48.3 Å². The molecule has 46 heavy (non-hydrogen) atoms. The number of carbonyl (C=O) groups excluding carboxylic acids is 4. The Morgan fingerprint density at radius 2 is 1.59 bits per heavy atom. The van der Waals surface area contributed by atoms with Gasteiger partial charge in [-0.3, -0.25) is 29.0 Å². The molecule has 7 rings (SSSR count). The van der Waals surface area contributed by atoms with Gasteiger partial charge in [-0.1, -0.05) is 42.0 Å². The molecule has 0 saturated carbocycles. The number of imide groups is 1. The molecule has 2 heterocycles. The third-order valence-corrected chi connectivity index (χ3v) is 10.6. The van der Waals surface area contributed by atoms with E-state index < -0.39 is 23.7 Å². The van der Waals surface area contributed by atoms with Crippen LogP contribution in [0.25, 0.3) is 0 Å². The van der Waals surface area contributed by atoms with E-state index in [-0.39, 0.29) is 53.1 Å². The molecule has 2 aromatic carbocycles. The number of methoxy groups -OCH3 is 2. The number of hydrogen-bond donors (Lipinski definition) is 1. The lowest BCUT2D eigenvalue weighted by molar-refractivity contribution is -0.144. The van der Waals surface area contributed by atoms with Gasteiger partial charge in [0.25, 0.3) is 0 Å². The van der Waals surface area contributed by atoms with Gasteiger partial charge >= 0.3 is 0 Å². The highest BCUT2D eigenvalue weighted by Gasteiger charge is 2.57. The Morgan fingerprint density at radius 1 is 0.913 bits per heavy atom. The molecular formula is C37H38N2O7. The second kappa shape index (κ2) is 11.7. The smallest absolute Gasteiger partial charge is 0.233 e. The second-order valence-corrected chi connectivity index (χ2v) is 13.0. The molecule has 0 aromatic heterocycles. The minimum Gasteiger partial charge on any atom is -0.502 e. The average Bonchev–Trinajstić information content (AvgIpc) is 3.33. The first-order chi connectivity index (χ1) is 22.2. The van der Waals surface area contributed by atoms with Crippen LogP contribution < -0.4 is 9.47 Å². The summed E-state index contributed by atoms with van der Waals surface area (Å²) < 4.78 is 10.9. The summed E-state index contributed by atoms with van der Waals surface area (Å²) in [6.45, 7) is 4.06. The molecular weight excluding hydrogens is 584 g/mol. The van der Waals surface area contributed by atoms with E-state index >= 15 is 0 Å². The van der Waals surface area contributed by atoms with Gasteiger partial charge in [-0.05, 0) is 67.9 Å². The third-order valence-electron chi connectivity index (χ3n) is 10.6. The Bertz CT molecular complexity index is 1710. The number of aromatic hydroxyl groups is 1. The minimum absolute atomic E-state index is 0.127. The zero-order chi connectivity index (χ0) is 32.3. The van der Waals surface area contributed by atoms with Crippen molar-refractivity contribution in [1.29, 1.82) is 0 Å². The predicted molar refractivity (Wildman–Crippen MR) is 169 cm³/mol. The highest BCUT2D eigenvalue weighted by Crippen LogP contribution is 2.56. The van der Waals surface area contributed by atoms with Crippen molar-refractivity contribution in [2.45, 2.75) is 51.1 Å². The first-order valence-electron chi connectivity index (χ1n) is 16.0. The van der Waals surface area contributed by atoms with Crippen LogP contribution in [-0.2, 0) is 25.7 Å². The van der Waals surface area contributed by atoms with Crippen LogP contribution >= 0.6 is 0 Å². The number of ketones is 2. The number of nitrogens with zero attached hydrogens (tertiary/aromatic N) is 2. The number of allylic oxidation sites excluding steroid dienone is 6. The molecule has 5 aliphatic rings. The van der Waals surface area contributed by atoms with Crippen LogP contribution in [0.4, 0.5) is 0 Å². The fourth-order valence-corrected chi connectivity index (χ4v) is 8.38. The molecule has 2 fully saturated rings. The number of phenolic OH excluding ortho intramolecular Hbond substituents is 1. The number of benzene rings is 2. The monoisotopic (exact) mass is 622 g/mol. The summed E-state index contributed by atoms with van der Waals surface area (Å²) in [5.41, 5.74) is 3.85. The third kappa shape index (κ3) is 4.80. The Balaban J connectivity index is 1.21. The fraction of sp³-hybridized carbons (Fsp3) is 0.405. The maximum absolute atomic E-state index is 14.3.